The highest BCUT2D eigenvalue weighted by Crippen LogP contribution is 2.29. The summed E-state index contributed by atoms with van der Waals surface area (Å²) in [7, 11) is 0. The normalized spacial score (nSPS) is 10.8. The molecule has 0 fully saturated rings. The van der Waals surface area contributed by atoms with Crippen LogP contribution in [0.5, 0.6) is 0 Å². The number of thiazole rings is 1. The summed E-state index contributed by atoms with van der Waals surface area (Å²) in [5.41, 5.74) is 1.29. The maximum Gasteiger partial charge on any atom is 0.350 e. The van der Waals surface area contributed by atoms with Crippen LogP contribution in [-0.2, 0) is 4.74 Å². The minimum atomic E-state index is -0.429. The number of carbonyl (C=O) groups is 2. The summed E-state index contributed by atoms with van der Waals surface area (Å²) in [5, 5.41) is 12.9. The first-order valence-electron chi connectivity index (χ1n) is 6.80. The molecule has 0 aliphatic heterocycles. The highest BCUT2D eigenvalue weighted by Gasteiger charge is 2.23. The van der Waals surface area contributed by atoms with Gasteiger partial charge in [0, 0.05) is 0 Å². The summed E-state index contributed by atoms with van der Waals surface area (Å²) in [6, 6.07) is 0. The number of anilines is 1. The minimum Gasteiger partial charge on any atom is -0.462 e. The van der Waals surface area contributed by atoms with Crippen LogP contribution in [0.2, 0.25) is 0 Å². The van der Waals surface area contributed by atoms with E-state index in [9.17, 15) is 9.59 Å². The Hall–Kier alpha value is -2.29. The van der Waals surface area contributed by atoms with Crippen molar-refractivity contribution in [3.63, 3.8) is 0 Å². The van der Waals surface area contributed by atoms with Gasteiger partial charge in [-0.15, -0.1) is 0 Å². The van der Waals surface area contributed by atoms with Gasteiger partial charge in [-0.25, -0.2) is 9.78 Å². The van der Waals surface area contributed by atoms with Crippen LogP contribution in [-0.4, -0.2) is 38.9 Å². The SMILES string of the molecule is CCOC(=O)c1sc(NC(=O)c2n[nH]nc2C)nc1C(C)C. The molecule has 2 heterocycles. The molecule has 0 aliphatic carbocycles. The topological polar surface area (TPSA) is 110 Å². The molecule has 1 amide bonds. The van der Waals surface area contributed by atoms with Crippen molar-refractivity contribution >= 4 is 28.3 Å². The van der Waals surface area contributed by atoms with Crippen molar-refractivity contribution in [2.75, 3.05) is 11.9 Å². The first-order valence-corrected chi connectivity index (χ1v) is 7.62. The smallest absolute Gasteiger partial charge is 0.350 e. The van der Waals surface area contributed by atoms with Crippen LogP contribution in [0.4, 0.5) is 5.13 Å². The standard InChI is InChI=1S/C13H17N5O3S/c1-5-21-12(20)10-8(6(2)3)14-13(22-10)15-11(19)9-7(4)16-18-17-9/h6H,5H2,1-4H3,(H,14,15,19)(H,16,17,18). The lowest BCUT2D eigenvalue weighted by atomic mass is 10.1. The number of aryl methyl sites for hydroxylation is 1. The molecule has 0 spiro atoms. The van der Waals surface area contributed by atoms with Crippen molar-refractivity contribution in [2.24, 2.45) is 0 Å². The zero-order valence-electron chi connectivity index (χ0n) is 12.8. The lowest BCUT2D eigenvalue weighted by Crippen LogP contribution is -2.13. The number of aromatic amines is 1. The van der Waals surface area contributed by atoms with E-state index in [-0.39, 0.29) is 18.2 Å². The van der Waals surface area contributed by atoms with Crippen LogP contribution < -0.4 is 5.32 Å². The number of hydrogen-bond acceptors (Lipinski definition) is 7. The molecule has 118 valence electrons. The monoisotopic (exact) mass is 323 g/mol. The number of H-pyrrole nitrogens is 1. The van der Waals surface area contributed by atoms with E-state index in [1.807, 2.05) is 13.8 Å². The summed E-state index contributed by atoms with van der Waals surface area (Å²) < 4.78 is 5.02. The van der Waals surface area contributed by atoms with Gasteiger partial charge in [-0.2, -0.15) is 15.4 Å². The number of aromatic nitrogens is 4. The first-order chi connectivity index (χ1) is 10.4. The molecule has 2 aromatic rings. The zero-order valence-corrected chi connectivity index (χ0v) is 13.6. The van der Waals surface area contributed by atoms with Gasteiger partial charge in [0.2, 0.25) is 0 Å². The number of nitrogens with one attached hydrogen (secondary N) is 2. The third-order valence-electron chi connectivity index (χ3n) is 2.82. The fourth-order valence-electron chi connectivity index (χ4n) is 1.77. The molecule has 0 atom stereocenters. The number of esters is 1. The van der Waals surface area contributed by atoms with Crippen LogP contribution in [0, 0.1) is 6.92 Å². The third kappa shape index (κ3) is 3.30. The van der Waals surface area contributed by atoms with E-state index < -0.39 is 11.9 Å². The van der Waals surface area contributed by atoms with Gasteiger partial charge in [0.1, 0.15) is 4.88 Å². The summed E-state index contributed by atoms with van der Waals surface area (Å²) in [4.78, 5) is 28.8. The quantitative estimate of drug-likeness (QED) is 0.816. The molecule has 0 saturated carbocycles. The number of rotatable bonds is 5. The molecule has 22 heavy (non-hydrogen) atoms. The second kappa shape index (κ2) is 6.65. The Morgan fingerprint density at radius 2 is 2.09 bits per heavy atom. The van der Waals surface area contributed by atoms with Crippen LogP contribution in [0.3, 0.4) is 0 Å². The van der Waals surface area contributed by atoms with Crippen molar-refractivity contribution in [1.29, 1.82) is 0 Å². The van der Waals surface area contributed by atoms with Gasteiger partial charge in [0.15, 0.2) is 10.8 Å². The predicted octanol–water partition coefficient (Wildman–Crippen LogP) is 2.12. The van der Waals surface area contributed by atoms with Crippen molar-refractivity contribution in [3.05, 3.63) is 22.0 Å². The number of carbonyl (C=O) groups excluding carboxylic acids is 2. The molecular weight excluding hydrogens is 306 g/mol. The van der Waals surface area contributed by atoms with Gasteiger partial charge in [0.05, 0.1) is 18.0 Å². The second-order valence-corrected chi connectivity index (χ2v) is 5.82. The van der Waals surface area contributed by atoms with Crippen LogP contribution in [0.15, 0.2) is 0 Å². The summed E-state index contributed by atoms with van der Waals surface area (Å²) in [5.74, 6) is -0.817. The Morgan fingerprint density at radius 3 is 2.64 bits per heavy atom. The average molecular weight is 323 g/mol. The molecule has 0 aromatic carbocycles. The van der Waals surface area contributed by atoms with Crippen molar-refractivity contribution in [3.8, 4) is 0 Å². The van der Waals surface area contributed by atoms with E-state index >= 15 is 0 Å². The van der Waals surface area contributed by atoms with Crippen molar-refractivity contribution in [2.45, 2.75) is 33.6 Å². The minimum absolute atomic E-state index is 0.0371. The van der Waals surface area contributed by atoms with Gasteiger partial charge in [-0.1, -0.05) is 25.2 Å². The molecule has 0 saturated heterocycles. The Kier molecular flexibility index (Phi) is 4.86. The predicted molar refractivity (Wildman–Crippen MR) is 81.2 cm³/mol. The third-order valence-corrected chi connectivity index (χ3v) is 3.79. The second-order valence-electron chi connectivity index (χ2n) is 4.82. The number of nitrogens with zero attached hydrogens (tertiary/aromatic N) is 3. The van der Waals surface area contributed by atoms with E-state index in [1.54, 1.807) is 13.8 Å². The molecule has 2 aromatic heterocycles. The van der Waals surface area contributed by atoms with E-state index in [0.717, 1.165) is 11.3 Å². The van der Waals surface area contributed by atoms with Gasteiger partial charge < -0.3 is 4.74 Å². The fourth-order valence-corrected chi connectivity index (χ4v) is 2.78. The van der Waals surface area contributed by atoms with Gasteiger partial charge in [0.25, 0.3) is 5.91 Å². The summed E-state index contributed by atoms with van der Waals surface area (Å²) in [6.45, 7) is 7.54. The summed E-state index contributed by atoms with van der Waals surface area (Å²) >= 11 is 1.09. The van der Waals surface area contributed by atoms with E-state index in [0.29, 0.717) is 21.4 Å². The van der Waals surface area contributed by atoms with Crippen LogP contribution >= 0.6 is 11.3 Å². The molecule has 0 radical (unpaired) electrons. The lowest BCUT2D eigenvalue weighted by molar-refractivity contribution is 0.0530. The first kappa shape index (κ1) is 16.1. The fraction of sp³-hybridized carbons (Fsp3) is 0.462. The highest BCUT2D eigenvalue weighted by atomic mass is 32.1. The van der Waals surface area contributed by atoms with Crippen LogP contribution in [0.25, 0.3) is 0 Å². The Morgan fingerprint density at radius 1 is 1.36 bits per heavy atom. The molecular formula is C13H17N5O3S. The maximum atomic E-state index is 12.1. The van der Waals surface area contributed by atoms with Gasteiger partial charge >= 0.3 is 5.97 Å². The van der Waals surface area contributed by atoms with Gasteiger partial charge in [-0.3, -0.25) is 10.1 Å². The lowest BCUT2D eigenvalue weighted by Gasteiger charge is -2.03. The average Bonchev–Trinajstić information content (AvgIpc) is 3.05. The van der Waals surface area contributed by atoms with E-state index in [2.05, 4.69) is 25.7 Å². The highest BCUT2D eigenvalue weighted by molar-refractivity contribution is 7.17. The number of amides is 1. The molecule has 8 nitrogen and oxygen atoms in total. The largest absolute Gasteiger partial charge is 0.462 e. The number of ether oxygens (including phenoxy) is 1. The van der Waals surface area contributed by atoms with E-state index in [4.69, 9.17) is 4.74 Å². The van der Waals surface area contributed by atoms with Crippen LogP contribution in [0.1, 0.15) is 58.2 Å². The molecule has 2 rings (SSSR count). The molecule has 2 N–H and O–H groups in total. The molecule has 0 aliphatic rings. The van der Waals surface area contributed by atoms with E-state index in [1.165, 1.54) is 0 Å². The molecule has 0 unspecified atom stereocenters. The Balaban J connectivity index is 2.25. The molecule has 0 bridgehead atoms. The number of hydrogen-bond donors (Lipinski definition) is 2. The summed E-state index contributed by atoms with van der Waals surface area (Å²) in [6.07, 6.45) is 0. The van der Waals surface area contributed by atoms with Crippen molar-refractivity contribution in [1.82, 2.24) is 20.4 Å². The molecule has 9 heteroatoms. The maximum absolute atomic E-state index is 12.1. The van der Waals surface area contributed by atoms with Crippen molar-refractivity contribution < 1.29 is 14.3 Å². The Bertz CT molecular complexity index is 692. The Labute approximate surface area is 131 Å². The zero-order chi connectivity index (χ0) is 16.3. The van der Waals surface area contributed by atoms with Gasteiger partial charge in [-0.05, 0) is 19.8 Å².